The Kier molecular flexibility index (Phi) is 3.67. The van der Waals surface area contributed by atoms with Gasteiger partial charge in [0.1, 0.15) is 12.1 Å². The van der Waals surface area contributed by atoms with Gasteiger partial charge < -0.3 is 0 Å². The minimum atomic E-state index is -0.259. The van der Waals surface area contributed by atoms with E-state index in [2.05, 4.69) is 41.2 Å². The summed E-state index contributed by atoms with van der Waals surface area (Å²) >= 11 is 0. The normalized spacial score (nSPS) is 17.5. The smallest absolute Gasteiger partial charge is 0.181 e. The van der Waals surface area contributed by atoms with Crippen LogP contribution in [0.2, 0.25) is 0 Å². The number of nitrogens with zero attached hydrogens (tertiary/aromatic N) is 6. The molecule has 1 aliphatic rings. The van der Waals surface area contributed by atoms with Crippen molar-refractivity contribution in [3.05, 3.63) is 47.8 Å². The molecule has 0 saturated heterocycles. The van der Waals surface area contributed by atoms with Crippen molar-refractivity contribution in [3.63, 3.8) is 0 Å². The van der Waals surface area contributed by atoms with Crippen LogP contribution in [0.1, 0.15) is 44.6 Å². The summed E-state index contributed by atoms with van der Waals surface area (Å²) in [5.41, 5.74) is 3.03. The van der Waals surface area contributed by atoms with Gasteiger partial charge in [-0.3, -0.25) is 0 Å². The molecule has 4 rings (SSSR count). The lowest BCUT2D eigenvalue weighted by Gasteiger charge is -2.26. The average Bonchev–Trinajstić information content (AvgIpc) is 3.21. The van der Waals surface area contributed by atoms with Gasteiger partial charge in [-0.1, -0.05) is 5.21 Å². The fourth-order valence-corrected chi connectivity index (χ4v) is 3.32. The Morgan fingerprint density at radius 3 is 2.64 bits per heavy atom. The van der Waals surface area contributed by atoms with Gasteiger partial charge in [-0.25, -0.2) is 18.7 Å². The first-order valence-corrected chi connectivity index (χ1v) is 8.53. The zero-order valence-corrected chi connectivity index (χ0v) is 14.6. The minimum absolute atomic E-state index is 0.0591. The lowest BCUT2D eigenvalue weighted by atomic mass is 9.95. The highest BCUT2D eigenvalue weighted by molar-refractivity contribution is 5.53. The first kappa shape index (κ1) is 15.9. The number of fused-ring (bicyclic) bond motifs is 1. The third-order valence-corrected chi connectivity index (χ3v) is 4.61. The molecule has 0 saturated carbocycles. The van der Waals surface area contributed by atoms with Crippen molar-refractivity contribution in [1.82, 2.24) is 29.8 Å². The van der Waals surface area contributed by atoms with Gasteiger partial charge in [-0.2, -0.15) is 5.10 Å². The highest BCUT2D eigenvalue weighted by atomic mass is 19.1. The molecule has 1 atom stereocenters. The van der Waals surface area contributed by atoms with Gasteiger partial charge in [0.05, 0.1) is 23.0 Å². The molecular weight excluding hydrogens is 319 g/mol. The maximum Gasteiger partial charge on any atom is 0.181 e. The van der Waals surface area contributed by atoms with Gasteiger partial charge in [-0.15, -0.1) is 5.10 Å². The molecule has 0 spiro atoms. The molecular formula is C18H21FN6. The van der Waals surface area contributed by atoms with Gasteiger partial charge >= 0.3 is 0 Å². The predicted molar refractivity (Wildman–Crippen MR) is 91.5 cm³/mol. The van der Waals surface area contributed by atoms with Gasteiger partial charge in [-0.05, 0) is 57.9 Å². The van der Waals surface area contributed by atoms with E-state index in [9.17, 15) is 4.39 Å². The molecule has 130 valence electrons. The Bertz CT molecular complexity index is 887. The molecule has 0 bridgehead atoms. The molecule has 25 heavy (non-hydrogen) atoms. The summed E-state index contributed by atoms with van der Waals surface area (Å²) in [4.78, 5) is 4.38. The van der Waals surface area contributed by atoms with E-state index >= 15 is 0 Å². The highest BCUT2D eigenvalue weighted by Gasteiger charge is 2.29. The third kappa shape index (κ3) is 2.94. The van der Waals surface area contributed by atoms with E-state index in [-0.39, 0.29) is 17.4 Å². The van der Waals surface area contributed by atoms with Crippen LogP contribution >= 0.6 is 0 Å². The molecule has 0 amide bonds. The summed E-state index contributed by atoms with van der Waals surface area (Å²) in [6, 6.07) is 6.46. The molecule has 1 aromatic carbocycles. The Hall–Kier alpha value is -2.57. The second-order valence-corrected chi connectivity index (χ2v) is 7.52. The molecule has 1 unspecified atom stereocenters. The van der Waals surface area contributed by atoms with E-state index in [1.54, 1.807) is 18.5 Å². The summed E-state index contributed by atoms with van der Waals surface area (Å²) < 4.78 is 17.0. The number of benzene rings is 1. The summed E-state index contributed by atoms with van der Waals surface area (Å²) in [7, 11) is 0. The Morgan fingerprint density at radius 2 is 1.92 bits per heavy atom. The molecule has 0 radical (unpaired) electrons. The van der Waals surface area contributed by atoms with Crippen molar-refractivity contribution in [2.75, 3.05) is 0 Å². The maximum atomic E-state index is 13.1. The van der Waals surface area contributed by atoms with Gasteiger partial charge in [0.2, 0.25) is 0 Å². The average molecular weight is 340 g/mol. The first-order chi connectivity index (χ1) is 11.9. The quantitative estimate of drug-likeness (QED) is 0.719. The maximum absolute atomic E-state index is 13.1. The van der Waals surface area contributed by atoms with Crippen LogP contribution in [0.5, 0.6) is 0 Å². The fourth-order valence-electron chi connectivity index (χ4n) is 3.32. The summed E-state index contributed by atoms with van der Waals surface area (Å²) in [5, 5.41) is 13.3. The Labute approximate surface area is 145 Å². The predicted octanol–water partition coefficient (Wildman–Crippen LogP) is 3.16. The number of hydrogen-bond donors (Lipinski definition) is 0. The molecule has 0 fully saturated rings. The molecule has 1 aliphatic carbocycles. The molecule has 0 N–H and O–H groups in total. The summed E-state index contributed by atoms with van der Waals surface area (Å²) in [6.45, 7) is 6.42. The van der Waals surface area contributed by atoms with E-state index in [0.717, 1.165) is 30.5 Å². The van der Waals surface area contributed by atoms with Crippen LogP contribution in [0.4, 0.5) is 4.39 Å². The van der Waals surface area contributed by atoms with Crippen LogP contribution in [0.15, 0.2) is 30.6 Å². The minimum Gasteiger partial charge on any atom is -0.249 e. The van der Waals surface area contributed by atoms with Crippen molar-refractivity contribution in [2.45, 2.75) is 51.6 Å². The largest absolute Gasteiger partial charge is 0.249 e. The number of aromatic nitrogens is 6. The van der Waals surface area contributed by atoms with Crippen LogP contribution in [-0.4, -0.2) is 29.8 Å². The second-order valence-electron chi connectivity index (χ2n) is 7.52. The van der Waals surface area contributed by atoms with E-state index in [0.29, 0.717) is 5.82 Å². The van der Waals surface area contributed by atoms with E-state index < -0.39 is 0 Å². The third-order valence-electron chi connectivity index (χ3n) is 4.61. The highest BCUT2D eigenvalue weighted by Crippen LogP contribution is 2.30. The van der Waals surface area contributed by atoms with Gasteiger partial charge in [0, 0.05) is 12.0 Å². The van der Waals surface area contributed by atoms with Crippen molar-refractivity contribution in [1.29, 1.82) is 0 Å². The van der Waals surface area contributed by atoms with Crippen molar-refractivity contribution < 1.29 is 4.39 Å². The van der Waals surface area contributed by atoms with E-state index in [1.807, 2.05) is 9.36 Å². The van der Waals surface area contributed by atoms with Crippen molar-refractivity contribution in [3.8, 4) is 11.4 Å². The second kappa shape index (κ2) is 5.75. The molecule has 3 aromatic rings. The number of halogens is 1. The van der Waals surface area contributed by atoms with E-state index in [4.69, 9.17) is 0 Å². The lowest BCUT2D eigenvalue weighted by molar-refractivity contribution is 0.324. The topological polar surface area (TPSA) is 61.4 Å². The summed E-state index contributed by atoms with van der Waals surface area (Å²) in [5.74, 6) is 0.356. The van der Waals surface area contributed by atoms with Crippen LogP contribution in [0.3, 0.4) is 0 Å². The molecule has 2 heterocycles. The van der Waals surface area contributed by atoms with Crippen LogP contribution in [0, 0.1) is 5.82 Å². The van der Waals surface area contributed by atoms with Gasteiger partial charge in [0.15, 0.2) is 5.82 Å². The molecule has 0 aliphatic heterocycles. The monoisotopic (exact) mass is 340 g/mol. The van der Waals surface area contributed by atoms with Crippen LogP contribution < -0.4 is 0 Å². The lowest BCUT2D eigenvalue weighted by Crippen LogP contribution is -2.28. The molecule has 7 heteroatoms. The standard InChI is InChI=1S/C18H21FN6/c1-18(2,3)25-16-9-8-14(10-15(16)21-23-25)24-11-20-17(22-24)12-4-6-13(19)7-5-12/h4-7,11,14H,8-10H2,1-3H3. The number of hydrogen-bond acceptors (Lipinski definition) is 4. The molecule has 6 nitrogen and oxygen atoms in total. The summed E-state index contributed by atoms with van der Waals surface area (Å²) in [6.07, 6.45) is 4.46. The number of rotatable bonds is 2. The van der Waals surface area contributed by atoms with E-state index in [1.165, 1.54) is 17.8 Å². The van der Waals surface area contributed by atoms with Gasteiger partial charge in [0.25, 0.3) is 0 Å². The fraction of sp³-hybridized carbons (Fsp3) is 0.444. The molecule has 2 aromatic heterocycles. The Balaban J connectivity index is 1.57. The van der Waals surface area contributed by atoms with Crippen molar-refractivity contribution >= 4 is 0 Å². The first-order valence-electron chi connectivity index (χ1n) is 8.53. The SMILES string of the molecule is CC(C)(C)n1nnc2c1CCC(n1cnc(-c3ccc(F)cc3)n1)C2. The zero-order chi connectivity index (χ0) is 17.6. The van der Waals surface area contributed by atoms with Crippen LogP contribution in [-0.2, 0) is 18.4 Å². The zero-order valence-electron chi connectivity index (χ0n) is 14.6. The van der Waals surface area contributed by atoms with Crippen LogP contribution in [0.25, 0.3) is 11.4 Å². The van der Waals surface area contributed by atoms with Crippen molar-refractivity contribution in [2.24, 2.45) is 0 Å². The Morgan fingerprint density at radius 1 is 1.16 bits per heavy atom.